The summed E-state index contributed by atoms with van der Waals surface area (Å²) in [4.78, 5) is 69.4. The van der Waals surface area contributed by atoms with Crippen molar-refractivity contribution in [2.75, 3.05) is 60.5 Å². The van der Waals surface area contributed by atoms with Crippen molar-refractivity contribution in [3.8, 4) is 22.7 Å². The molecule has 0 unspecified atom stereocenters. The second-order valence-electron chi connectivity index (χ2n) is 19.8. The smallest absolute Gasteiger partial charge is 0.355 e. The van der Waals surface area contributed by atoms with Gasteiger partial charge in [-0.1, -0.05) is 32.6 Å². The van der Waals surface area contributed by atoms with E-state index in [9.17, 15) is 14.7 Å². The number of halogens is 3. The molecular weight excluding hydrogens is 1000 g/mol. The van der Waals surface area contributed by atoms with Crippen LogP contribution in [0.25, 0.3) is 44.7 Å². The predicted molar refractivity (Wildman–Crippen MR) is 278 cm³/mol. The lowest BCUT2D eigenvalue weighted by molar-refractivity contribution is -0.127. The zero-order valence-corrected chi connectivity index (χ0v) is 42.7. The number of phenols is 1. The van der Waals surface area contributed by atoms with Crippen molar-refractivity contribution in [3.63, 3.8) is 0 Å². The fraction of sp³-hybridized carbons (Fsp3) is 0.365. The largest absolute Gasteiger partial charge is 0.507 e. The number of H-pyrrole nitrogens is 1. The SMILES string of the molecule is C=C(CN(Cc1nc2ccc(C)cc2[nH]1)c1nc(N2C[C@@H]3CCCN[C@@H]3C2)nc2c(Br)cnn12)C(=O)N1CCN(c2nc(=O)n(-c3c(C)ccnc3C(C)C)c3nc(-c4c(O)cccc4F)c(F)cc23)[C@@H](C)C1. The Morgan fingerprint density at radius 2 is 1.84 bits per heavy atom. The van der Waals surface area contributed by atoms with Gasteiger partial charge in [-0.2, -0.15) is 24.6 Å². The number of aryl methyl sites for hydroxylation is 2. The van der Waals surface area contributed by atoms with E-state index in [1.54, 1.807) is 27.9 Å². The molecule has 0 aliphatic carbocycles. The standard InChI is InChI=1S/C52H54BrF2N15O3/c1-27(2)43-45(29(4)14-16-57-43)69-47-33(20-36(55)44(61-47)42-35(54)10-7-11-40(42)71)46(63-52(69)73)68-18-17-65(23-31(68)6)49(72)30(5)22-67(26-41-59-37-13-12-28(3)19-38(37)60-41)51-64-50(62-48-34(53)21-58-70(48)51)66-24-32-9-8-15-56-39(32)25-66/h7,10-14,16,19-21,27,31-32,39,56,71H,5,8-9,15,17-18,22-26H2,1-4,6H3,(H,59,60)/t31-,32-,39+/m0/s1. The van der Waals surface area contributed by atoms with E-state index in [-0.39, 0.29) is 67.0 Å². The topological polar surface area (TPSA) is 195 Å². The number of piperazine rings is 1. The number of piperidine rings is 1. The highest BCUT2D eigenvalue weighted by atomic mass is 79.9. The second kappa shape index (κ2) is 18.9. The van der Waals surface area contributed by atoms with Crippen LogP contribution in [0.15, 0.2) is 82.3 Å². The zero-order valence-electron chi connectivity index (χ0n) is 41.1. The number of imidazole rings is 1. The highest BCUT2D eigenvalue weighted by Crippen LogP contribution is 2.38. The second-order valence-corrected chi connectivity index (χ2v) is 20.6. The molecule has 376 valence electrons. The molecule has 3 atom stereocenters. The number of hydrogen-bond acceptors (Lipinski definition) is 14. The van der Waals surface area contributed by atoms with Crippen LogP contribution in [0.4, 0.5) is 26.5 Å². The molecule has 21 heteroatoms. The number of carbonyl (C=O) groups excluding carboxylic acids is 1. The van der Waals surface area contributed by atoms with Gasteiger partial charge in [-0.3, -0.25) is 9.78 Å². The molecule has 3 aliphatic heterocycles. The number of aromatic hydroxyl groups is 1. The van der Waals surface area contributed by atoms with Crippen LogP contribution in [0, 0.1) is 31.4 Å². The molecule has 3 saturated heterocycles. The molecule has 73 heavy (non-hydrogen) atoms. The van der Waals surface area contributed by atoms with E-state index >= 15 is 8.78 Å². The van der Waals surface area contributed by atoms with Gasteiger partial charge in [0.05, 0.1) is 57.1 Å². The number of aromatic nitrogens is 10. The molecule has 3 N–H and O–H groups in total. The van der Waals surface area contributed by atoms with E-state index in [0.717, 1.165) is 55.1 Å². The van der Waals surface area contributed by atoms with Crippen molar-refractivity contribution in [1.82, 2.24) is 59.3 Å². The van der Waals surface area contributed by atoms with Crippen molar-refractivity contribution >= 4 is 67.3 Å². The summed E-state index contributed by atoms with van der Waals surface area (Å²) in [5.41, 5.74) is 3.70. The van der Waals surface area contributed by atoms with Crippen LogP contribution in [0.5, 0.6) is 5.75 Å². The van der Waals surface area contributed by atoms with E-state index in [0.29, 0.717) is 56.7 Å². The van der Waals surface area contributed by atoms with Gasteiger partial charge in [-0.05, 0) is 115 Å². The summed E-state index contributed by atoms with van der Waals surface area (Å²) >= 11 is 3.67. The van der Waals surface area contributed by atoms with Gasteiger partial charge in [0.25, 0.3) is 5.91 Å². The van der Waals surface area contributed by atoms with Crippen molar-refractivity contribution in [2.45, 2.75) is 72.0 Å². The summed E-state index contributed by atoms with van der Waals surface area (Å²) in [5.74, 6) is -0.457. The number of nitrogens with one attached hydrogen (secondary N) is 2. The number of fused-ring (bicyclic) bond motifs is 4. The van der Waals surface area contributed by atoms with Crippen molar-refractivity contribution in [2.24, 2.45) is 5.92 Å². The Hall–Kier alpha value is -7.39. The summed E-state index contributed by atoms with van der Waals surface area (Å²) in [6, 6.07) is 12.5. The summed E-state index contributed by atoms with van der Waals surface area (Å²) in [7, 11) is 0. The van der Waals surface area contributed by atoms with Crippen LogP contribution < -0.4 is 25.7 Å². The van der Waals surface area contributed by atoms with Crippen LogP contribution >= 0.6 is 15.9 Å². The lowest BCUT2D eigenvalue weighted by atomic mass is 9.94. The quantitative estimate of drug-likeness (QED) is 0.111. The maximum atomic E-state index is 16.5. The Balaban J connectivity index is 0.922. The molecular formula is C52H54BrF2N15O3. The Bertz CT molecular complexity index is 3540. The van der Waals surface area contributed by atoms with Gasteiger partial charge in [0, 0.05) is 56.6 Å². The minimum Gasteiger partial charge on any atom is -0.507 e. The van der Waals surface area contributed by atoms with E-state index in [4.69, 9.17) is 15.0 Å². The Morgan fingerprint density at radius 1 is 1.00 bits per heavy atom. The van der Waals surface area contributed by atoms with Crippen molar-refractivity contribution in [1.29, 1.82) is 0 Å². The van der Waals surface area contributed by atoms with Crippen molar-refractivity contribution in [3.05, 3.63) is 122 Å². The van der Waals surface area contributed by atoms with E-state index < -0.39 is 40.4 Å². The van der Waals surface area contributed by atoms with E-state index in [1.165, 1.54) is 22.8 Å². The first-order valence-electron chi connectivity index (χ1n) is 24.5. The number of pyridine rings is 2. The van der Waals surface area contributed by atoms with E-state index in [2.05, 4.69) is 57.8 Å². The van der Waals surface area contributed by atoms with Crippen LogP contribution in [0.3, 0.4) is 0 Å². The van der Waals surface area contributed by atoms with Crippen LogP contribution in [-0.4, -0.2) is 123 Å². The number of nitrogens with zero attached hydrogens (tertiary/aromatic N) is 13. The Morgan fingerprint density at radius 3 is 2.62 bits per heavy atom. The van der Waals surface area contributed by atoms with Crippen LogP contribution in [0.2, 0.25) is 0 Å². The third-order valence-electron chi connectivity index (χ3n) is 14.3. The third-order valence-corrected chi connectivity index (χ3v) is 14.9. The van der Waals surface area contributed by atoms with Gasteiger partial charge in [0.15, 0.2) is 17.1 Å². The third kappa shape index (κ3) is 8.70. The first-order valence-corrected chi connectivity index (χ1v) is 25.3. The number of amides is 1. The maximum Gasteiger partial charge on any atom is 0.355 e. The maximum absolute atomic E-state index is 16.5. The highest BCUT2D eigenvalue weighted by Gasteiger charge is 2.37. The number of phenolic OH excluding ortho intramolecular Hbond substituents is 1. The number of anilines is 3. The fourth-order valence-corrected chi connectivity index (χ4v) is 11.1. The summed E-state index contributed by atoms with van der Waals surface area (Å²) in [6.07, 6.45) is 5.59. The molecule has 0 spiro atoms. The van der Waals surface area contributed by atoms with Crippen LogP contribution in [0.1, 0.15) is 62.2 Å². The van der Waals surface area contributed by atoms with Crippen LogP contribution in [-0.2, 0) is 11.3 Å². The first kappa shape index (κ1) is 47.9. The first-order chi connectivity index (χ1) is 35.1. The highest BCUT2D eigenvalue weighted by molar-refractivity contribution is 9.10. The van der Waals surface area contributed by atoms with E-state index in [1.807, 2.05) is 62.6 Å². The summed E-state index contributed by atoms with van der Waals surface area (Å²) in [5, 5.41) is 19.3. The van der Waals surface area contributed by atoms with Gasteiger partial charge in [0.1, 0.15) is 28.9 Å². The molecule has 0 radical (unpaired) electrons. The monoisotopic (exact) mass is 1050 g/mol. The average Bonchev–Trinajstić information content (AvgIpc) is 4.09. The molecule has 9 heterocycles. The molecule has 3 aliphatic rings. The number of benzene rings is 2. The van der Waals surface area contributed by atoms with Gasteiger partial charge in [0.2, 0.25) is 11.9 Å². The fourth-order valence-electron chi connectivity index (χ4n) is 10.7. The average molecular weight is 1060 g/mol. The lowest BCUT2D eigenvalue weighted by Crippen LogP contribution is -2.55. The number of aromatic amines is 1. The Kier molecular flexibility index (Phi) is 12.4. The van der Waals surface area contributed by atoms with Gasteiger partial charge in [-0.25, -0.2) is 28.1 Å². The number of carbonyl (C=O) groups is 1. The summed E-state index contributed by atoms with van der Waals surface area (Å²) < 4.78 is 35.5. The molecule has 11 rings (SSSR count). The molecule has 0 bridgehead atoms. The number of hydrogen-bond donors (Lipinski definition) is 3. The minimum absolute atomic E-state index is 0.00299. The van der Waals surface area contributed by atoms with Crippen molar-refractivity contribution < 1.29 is 18.7 Å². The molecule has 2 aromatic carbocycles. The molecule has 1 amide bonds. The molecule has 3 fully saturated rings. The molecule has 8 aromatic rings. The molecule has 0 saturated carbocycles. The molecule has 18 nitrogen and oxygen atoms in total. The lowest BCUT2D eigenvalue weighted by Gasteiger charge is -2.41. The normalized spacial score (nSPS) is 18.2. The minimum atomic E-state index is -0.931. The Labute approximate surface area is 427 Å². The van der Waals surface area contributed by atoms with Gasteiger partial charge >= 0.3 is 5.69 Å². The predicted octanol–water partition coefficient (Wildman–Crippen LogP) is 7.13. The van der Waals surface area contributed by atoms with Gasteiger partial charge in [-0.15, -0.1) is 0 Å². The number of rotatable bonds is 11. The zero-order chi connectivity index (χ0) is 51.0. The summed E-state index contributed by atoms with van der Waals surface area (Å²) in [6.45, 7) is 17.4. The van der Waals surface area contributed by atoms with Gasteiger partial charge < -0.3 is 35.0 Å². The molecule has 6 aromatic heterocycles.